The van der Waals surface area contributed by atoms with E-state index in [2.05, 4.69) is 46.4 Å². The van der Waals surface area contributed by atoms with Crippen LogP contribution in [0.3, 0.4) is 0 Å². The number of halogens is 2. The summed E-state index contributed by atoms with van der Waals surface area (Å²) in [6.45, 7) is 6.16. The van der Waals surface area contributed by atoms with Gasteiger partial charge in [-0.05, 0) is 51.1 Å². The third-order valence-corrected chi connectivity index (χ3v) is 3.93. The van der Waals surface area contributed by atoms with Crippen LogP contribution in [0.4, 0.5) is 17.5 Å². The number of pyridine rings is 1. The number of hydrogen-bond acceptors (Lipinski definition) is 5. The fourth-order valence-corrected chi connectivity index (χ4v) is 2.76. The van der Waals surface area contributed by atoms with Crippen LogP contribution in [-0.4, -0.2) is 20.5 Å². The summed E-state index contributed by atoms with van der Waals surface area (Å²) in [6.07, 6.45) is 3.47. The van der Waals surface area contributed by atoms with Crippen molar-refractivity contribution in [2.75, 3.05) is 10.6 Å². The van der Waals surface area contributed by atoms with Gasteiger partial charge in [-0.2, -0.15) is 4.98 Å². The van der Waals surface area contributed by atoms with Crippen molar-refractivity contribution in [1.82, 2.24) is 15.0 Å². The van der Waals surface area contributed by atoms with Gasteiger partial charge in [0.1, 0.15) is 5.82 Å². The van der Waals surface area contributed by atoms with Crippen LogP contribution in [0.2, 0.25) is 10.0 Å². The maximum atomic E-state index is 6.27. The Morgan fingerprint density at radius 3 is 2.31 bits per heavy atom. The van der Waals surface area contributed by atoms with Gasteiger partial charge in [-0.3, -0.25) is 4.98 Å². The molecule has 134 valence electrons. The summed E-state index contributed by atoms with van der Waals surface area (Å²) >= 11 is 12.2. The van der Waals surface area contributed by atoms with E-state index in [1.54, 1.807) is 24.5 Å². The SMILES string of the molecule is CC(C)(C)Nc1nc(Nc2ccc(Cl)cc2Cl)cc(-c2ccncc2)n1. The number of nitrogens with one attached hydrogen (secondary N) is 2. The second kappa shape index (κ2) is 7.48. The molecule has 0 unspecified atom stereocenters. The molecule has 3 rings (SSSR count). The predicted molar refractivity (Wildman–Crippen MR) is 108 cm³/mol. The van der Waals surface area contributed by atoms with Crippen LogP contribution < -0.4 is 10.6 Å². The normalized spacial score (nSPS) is 11.3. The van der Waals surface area contributed by atoms with Gasteiger partial charge in [-0.15, -0.1) is 0 Å². The lowest BCUT2D eigenvalue weighted by atomic mass is 10.1. The van der Waals surface area contributed by atoms with Crippen molar-refractivity contribution in [1.29, 1.82) is 0 Å². The molecule has 0 radical (unpaired) electrons. The fourth-order valence-electron chi connectivity index (χ4n) is 2.30. The molecule has 3 aromatic rings. The Labute approximate surface area is 162 Å². The van der Waals surface area contributed by atoms with E-state index in [-0.39, 0.29) is 5.54 Å². The largest absolute Gasteiger partial charge is 0.350 e. The van der Waals surface area contributed by atoms with Crippen molar-refractivity contribution in [3.8, 4) is 11.3 Å². The van der Waals surface area contributed by atoms with Crippen molar-refractivity contribution in [3.63, 3.8) is 0 Å². The predicted octanol–water partition coefficient (Wildman–Crippen LogP) is 5.80. The highest BCUT2D eigenvalue weighted by atomic mass is 35.5. The smallest absolute Gasteiger partial charge is 0.225 e. The second-order valence-electron chi connectivity index (χ2n) is 6.82. The summed E-state index contributed by atoms with van der Waals surface area (Å²) in [5, 5.41) is 7.65. The van der Waals surface area contributed by atoms with Gasteiger partial charge >= 0.3 is 0 Å². The molecule has 0 bridgehead atoms. The molecule has 1 aromatic carbocycles. The Kier molecular flexibility index (Phi) is 5.30. The Balaban J connectivity index is 2.01. The highest BCUT2D eigenvalue weighted by Gasteiger charge is 2.14. The number of benzene rings is 1. The van der Waals surface area contributed by atoms with Crippen LogP contribution in [0, 0.1) is 0 Å². The highest BCUT2D eigenvalue weighted by molar-refractivity contribution is 6.36. The van der Waals surface area contributed by atoms with Crippen LogP contribution in [0.5, 0.6) is 0 Å². The molecule has 0 aliphatic heterocycles. The zero-order valence-corrected chi connectivity index (χ0v) is 16.2. The average Bonchev–Trinajstić information content (AvgIpc) is 2.56. The molecule has 0 fully saturated rings. The minimum Gasteiger partial charge on any atom is -0.350 e. The quantitative estimate of drug-likeness (QED) is 0.592. The lowest BCUT2D eigenvalue weighted by Crippen LogP contribution is -2.27. The first-order valence-electron chi connectivity index (χ1n) is 8.10. The van der Waals surface area contributed by atoms with Gasteiger partial charge in [0, 0.05) is 34.6 Å². The third-order valence-electron chi connectivity index (χ3n) is 3.38. The first-order chi connectivity index (χ1) is 12.3. The zero-order chi connectivity index (χ0) is 18.7. The molecule has 0 aliphatic carbocycles. The lowest BCUT2D eigenvalue weighted by molar-refractivity contribution is 0.626. The van der Waals surface area contributed by atoms with E-state index in [1.807, 2.05) is 24.3 Å². The van der Waals surface area contributed by atoms with Crippen molar-refractivity contribution >= 4 is 40.7 Å². The summed E-state index contributed by atoms with van der Waals surface area (Å²) in [6, 6.07) is 11.0. The average molecular weight is 388 g/mol. The van der Waals surface area contributed by atoms with Crippen molar-refractivity contribution in [2.45, 2.75) is 26.3 Å². The fraction of sp³-hybridized carbons (Fsp3) is 0.211. The topological polar surface area (TPSA) is 62.7 Å². The monoisotopic (exact) mass is 387 g/mol. The third kappa shape index (κ3) is 4.84. The van der Waals surface area contributed by atoms with Crippen molar-refractivity contribution < 1.29 is 0 Å². The first-order valence-corrected chi connectivity index (χ1v) is 8.85. The number of hydrogen-bond donors (Lipinski definition) is 2. The minimum atomic E-state index is -0.175. The van der Waals surface area contributed by atoms with E-state index in [4.69, 9.17) is 23.2 Å². The number of aromatic nitrogens is 3. The van der Waals surface area contributed by atoms with Gasteiger partial charge < -0.3 is 10.6 Å². The number of anilines is 3. The molecule has 2 heterocycles. The van der Waals surface area contributed by atoms with E-state index < -0.39 is 0 Å². The molecule has 2 aromatic heterocycles. The Bertz CT molecular complexity index is 908. The lowest BCUT2D eigenvalue weighted by Gasteiger charge is -2.21. The summed E-state index contributed by atoms with van der Waals surface area (Å²) < 4.78 is 0. The number of rotatable bonds is 4. The molecule has 0 amide bonds. The van der Waals surface area contributed by atoms with E-state index in [0.29, 0.717) is 21.8 Å². The van der Waals surface area contributed by atoms with Crippen LogP contribution in [0.25, 0.3) is 11.3 Å². The Morgan fingerprint density at radius 1 is 0.923 bits per heavy atom. The van der Waals surface area contributed by atoms with Crippen LogP contribution in [0.1, 0.15) is 20.8 Å². The Morgan fingerprint density at radius 2 is 1.65 bits per heavy atom. The van der Waals surface area contributed by atoms with E-state index in [1.165, 1.54) is 0 Å². The molecule has 7 heteroatoms. The maximum Gasteiger partial charge on any atom is 0.225 e. The van der Waals surface area contributed by atoms with Gasteiger partial charge in [0.05, 0.1) is 16.4 Å². The summed E-state index contributed by atoms with van der Waals surface area (Å²) in [5.74, 6) is 1.15. The molecule has 0 saturated carbocycles. The molecular weight excluding hydrogens is 369 g/mol. The van der Waals surface area contributed by atoms with Gasteiger partial charge in [-0.1, -0.05) is 23.2 Å². The molecule has 2 N–H and O–H groups in total. The zero-order valence-electron chi connectivity index (χ0n) is 14.7. The number of nitrogens with zero attached hydrogens (tertiary/aromatic N) is 3. The van der Waals surface area contributed by atoms with E-state index in [9.17, 15) is 0 Å². The summed E-state index contributed by atoms with van der Waals surface area (Å²) in [4.78, 5) is 13.2. The van der Waals surface area contributed by atoms with Crippen molar-refractivity contribution in [2.24, 2.45) is 0 Å². The standard InChI is InChI=1S/C19H19Cl2N5/c1-19(2,3)26-18-24-16(12-6-8-22-9-7-12)11-17(25-18)23-15-5-4-13(20)10-14(15)21/h4-11H,1-3H3,(H2,23,24,25,26). The van der Waals surface area contributed by atoms with Gasteiger partial charge in [0.15, 0.2) is 0 Å². The van der Waals surface area contributed by atoms with Crippen LogP contribution >= 0.6 is 23.2 Å². The highest BCUT2D eigenvalue weighted by Crippen LogP contribution is 2.29. The second-order valence-corrected chi connectivity index (χ2v) is 7.67. The molecule has 0 atom stereocenters. The van der Waals surface area contributed by atoms with Gasteiger partial charge in [0.25, 0.3) is 0 Å². The van der Waals surface area contributed by atoms with Gasteiger partial charge in [0.2, 0.25) is 5.95 Å². The van der Waals surface area contributed by atoms with Crippen LogP contribution in [-0.2, 0) is 0 Å². The molecule has 0 saturated heterocycles. The Hall–Kier alpha value is -2.37. The van der Waals surface area contributed by atoms with Gasteiger partial charge in [-0.25, -0.2) is 4.98 Å². The molecule has 0 aliphatic rings. The molecule has 0 spiro atoms. The first kappa shape index (κ1) is 18.4. The summed E-state index contributed by atoms with van der Waals surface area (Å²) in [5.41, 5.74) is 2.27. The van der Waals surface area contributed by atoms with Crippen molar-refractivity contribution in [3.05, 3.63) is 58.8 Å². The molecule has 5 nitrogen and oxygen atoms in total. The van der Waals surface area contributed by atoms with Crippen LogP contribution in [0.15, 0.2) is 48.8 Å². The molecule has 26 heavy (non-hydrogen) atoms. The maximum absolute atomic E-state index is 6.27. The molecular formula is C19H19Cl2N5. The van der Waals surface area contributed by atoms with E-state index in [0.717, 1.165) is 16.9 Å². The van der Waals surface area contributed by atoms with E-state index >= 15 is 0 Å². The summed E-state index contributed by atoms with van der Waals surface area (Å²) in [7, 11) is 0. The minimum absolute atomic E-state index is 0.175.